The van der Waals surface area contributed by atoms with Crippen molar-refractivity contribution < 1.29 is 0 Å². The van der Waals surface area contributed by atoms with E-state index in [0.717, 1.165) is 17.9 Å². The van der Waals surface area contributed by atoms with Crippen LogP contribution >= 0.6 is 0 Å². The second-order valence-corrected chi connectivity index (χ2v) is 7.56. The lowest BCUT2D eigenvalue weighted by molar-refractivity contribution is 0.112. The van der Waals surface area contributed by atoms with E-state index in [4.69, 9.17) is 5.73 Å². The van der Waals surface area contributed by atoms with Gasteiger partial charge in [-0.25, -0.2) is 0 Å². The summed E-state index contributed by atoms with van der Waals surface area (Å²) in [6.45, 7) is 0.878. The summed E-state index contributed by atoms with van der Waals surface area (Å²) in [6, 6.07) is 0. The van der Waals surface area contributed by atoms with Crippen molar-refractivity contribution in [2.24, 2.45) is 17.1 Å². The molecule has 0 aromatic heterocycles. The Labute approximate surface area is 127 Å². The van der Waals surface area contributed by atoms with E-state index in [0.29, 0.717) is 0 Å². The Morgan fingerprint density at radius 2 is 1.30 bits per heavy atom. The minimum absolute atomic E-state index is 0.819. The molecule has 1 nitrogen and oxygen atoms in total. The van der Waals surface area contributed by atoms with Crippen molar-refractivity contribution >= 4 is 0 Å². The molecule has 118 valence electrons. The summed E-state index contributed by atoms with van der Waals surface area (Å²) in [4.78, 5) is 0. The van der Waals surface area contributed by atoms with Crippen LogP contribution in [0.5, 0.6) is 0 Å². The number of unbranched alkanes of at least 4 members (excludes halogenated alkanes) is 7. The Balaban J connectivity index is 1.50. The summed E-state index contributed by atoms with van der Waals surface area (Å²) >= 11 is 0. The van der Waals surface area contributed by atoms with Gasteiger partial charge >= 0.3 is 0 Å². The van der Waals surface area contributed by atoms with Gasteiger partial charge in [-0.2, -0.15) is 0 Å². The third-order valence-corrected chi connectivity index (χ3v) is 6.20. The molecule has 0 radical (unpaired) electrons. The van der Waals surface area contributed by atoms with Crippen molar-refractivity contribution in [3.05, 3.63) is 0 Å². The van der Waals surface area contributed by atoms with E-state index < -0.39 is 0 Å². The highest BCUT2D eigenvalue weighted by Gasteiger charge is 2.42. The first-order valence-electron chi connectivity index (χ1n) is 9.57. The van der Waals surface area contributed by atoms with Gasteiger partial charge in [-0.3, -0.25) is 0 Å². The van der Waals surface area contributed by atoms with Gasteiger partial charge in [0.15, 0.2) is 0 Å². The zero-order chi connectivity index (χ0) is 14.1. The number of rotatable bonds is 10. The molecule has 2 saturated carbocycles. The monoisotopic (exact) mass is 279 g/mol. The van der Waals surface area contributed by atoms with Crippen LogP contribution in [0.1, 0.15) is 103 Å². The van der Waals surface area contributed by atoms with Crippen LogP contribution in [0.25, 0.3) is 0 Å². The smallest absolute Gasteiger partial charge is 0.00773 e. The molecule has 2 unspecified atom stereocenters. The predicted molar refractivity (Wildman–Crippen MR) is 88.8 cm³/mol. The van der Waals surface area contributed by atoms with E-state index in [2.05, 4.69) is 0 Å². The predicted octanol–water partition coefficient (Wildman–Crippen LogP) is 5.82. The molecule has 0 aliphatic heterocycles. The summed E-state index contributed by atoms with van der Waals surface area (Å²) in [6.07, 6.45) is 23.7. The van der Waals surface area contributed by atoms with Crippen LogP contribution in [0.2, 0.25) is 0 Å². The maximum absolute atomic E-state index is 5.52. The Morgan fingerprint density at radius 1 is 0.700 bits per heavy atom. The quantitative estimate of drug-likeness (QED) is 0.501. The second kappa shape index (κ2) is 9.07. The van der Waals surface area contributed by atoms with E-state index in [1.165, 1.54) is 70.6 Å². The molecular formula is C19H37N. The molecule has 2 atom stereocenters. The fraction of sp³-hybridized carbons (Fsp3) is 1.00. The second-order valence-electron chi connectivity index (χ2n) is 7.56. The topological polar surface area (TPSA) is 26.0 Å². The van der Waals surface area contributed by atoms with Gasteiger partial charge in [0, 0.05) is 0 Å². The third-order valence-electron chi connectivity index (χ3n) is 6.20. The van der Waals surface area contributed by atoms with E-state index in [1.54, 1.807) is 32.1 Å². The molecule has 0 aromatic carbocycles. The number of nitrogens with two attached hydrogens (primary N) is 1. The van der Waals surface area contributed by atoms with Crippen molar-refractivity contribution in [2.45, 2.75) is 103 Å². The maximum Gasteiger partial charge on any atom is -0.00773 e. The number of hydrogen-bond donors (Lipinski definition) is 1. The van der Waals surface area contributed by atoms with Gasteiger partial charge in [0.25, 0.3) is 0 Å². The van der Waals surface area contributed by atoms with Gasteiger partial charge < -0.3 is 5.73 Å². The van der Waals surface area contributed by atoms with Gasteiger partial charge in [-0.1, -0.05) is 64.2 Å². The molecule has 2 rings (SSSR count). The lowest BCUT2D eigenvalue weighted by Crippen LogP contribution is -2.29. The molecule has 0 heterocycles. The number of fused-ring (bicyclic) bond motifs is 1. The van der Waals surface area contributed by atoms with Gasteiger partial charge in [0.1, 0.15) is 0 Å². The van der Waals surface area contributed by atoms with Crippen LogP contribution in [0.3, 0.4) is 0 Å². The zero-order valence-electron chi connectivity index (χ0n) is 13.7. The molecular weight excluding hydrogens is 242 g/mol. The van der Waals surface area contributed by atoms with E-state index in [1.807, 2.05) is 0 Å². The molecule has 0 bridgehead atoms. The summed E-state index contributed by atoms with van der Waals surface area (Å²) in [5.74, 6) is 1.12. The van der Waals surface area contributed by atoms with Crippen molar-refractivity contribution in [3.8, 4) is 0 Å². The maximum atomic E-state index is 5.52. The zero-order valence-corrected chi connectivity index (χ0v) is 13.7. The van der Waals surface area contributed by atoms with Crippen molar-refractivity contribution in [1.82, 2.24) is 0 Å². The average Bonchev–Trinajstić information content (AvgIpc) is 2.89. The lowest BCUT2D eigenvalue weighted by atomic mass is 9.65. The lowest BCUT2D eigenvalue weighted by Gasteiger charge is -2.40. The highest BCUT2D eigenvalue weighted by molar-refractivity contribution is 4.94. The Bertz CT molecular complexity index is 250. The van der Waals surface area contributed by atoms with E-state index in [-0.39, 0.29) is 0 Å². The highest BCUT2D eigenvalue weighted by atomic mass is 14.5. The van der Waals surface area contributed by atoms with Crippen molar-refractivity contribution in [2.75, 3.05) is 6.54 Å². The van der Waals surface area contributed by atoms with Crippen molar-refractivity contribution in [3.63, 3.8) is 0 Å². The first-order chi connectivity index (χ1) is 9.87. The number of hydrogen-bond acceptors (Lipinski definition) is 1. The van der Waals surface area contributed by atoms with E-state index in [9.17, 15) is 0 Å². The summed E-state index contributed by atoms with van der Waals surface area (Å²) in [5.41, 5.74) is 6.34. The molecule has 0 saturated heterocycles. The van der Waals surface area contributed by atoms with Crippen LogP contribution in [0.15, 0.2) is 0 Å². The normalized spacial score (nSPS) is 29.6. The van der Waals surface area contributed by atoms with E-state index >= 15 is 0 Å². The first-order valence-corrected chi connectivity index (χ1v) is 9.57. The largest absolute Gasteiger partial charge is 0.330 e. The Morgan fingerprint density at radius 3 is 2.05 bits per heavy atom. The molecule has 2 aliphatic rings. The minimum atomic E-state index is 0.819. The van der Waals surface area contributed by atoms with Gasteiger partial charge in [-0.15, -0.1) is 0 Å². The fourth-order valence-electron chi connectivity index (χ4n) is 4.99. The van der Waals surface area contributed by atoms with Crippen LogP contribution in [0.4, 0.5) is 0 Å². The van der Waals surface area contributed by atoms with Gasteiger partial charge in [-0.05, 0) is 56.4 Å². The molecule has 1 heteroatoms. The van der Waals surface area contributed by atoms with Crippen molar-refractivity contribution in [1.29, 1.82) is 0 Å². The highest BCUT2D eigenvalue weighted by Crippen LogP contribution is 2.55. The molecule has 20 heavy (non-hydrogen) atoms. The minimum Gasteiger partial charge on any atom is -0.330 e. The first kappa shape index (κ1) is 16.3. The Hall–Kier alpha value is -0.0400. The molecule has 0 spiro atoms. The van der Waals surface area contributed by atoms with Crippen LogP contribution in [-0.4, -0.2) is 6.54 Å². The SMILES string of the molecule is NCCCCCCCCCCC12CCCCC1CCC2. The third kappa shape index (κ3) is 4.76. The van der Waals surface area contributed by atoms with Crippen LogP contribution < -0.4 is 5.73 Å². The Kier molecular flexibility index (Phi) is 7.41. The summed E-state index contributed by atoms with van der Waals surface area (Å²) in [7, 11) is 0. The van der Waals surface area contributed by atoms with Gasteiger partial charge in [0.05, 0.1) is 0 Å². The van der Waals surface area contributed by atoms with Crippen LogP contribution in [0, 0.1) is 11.3 Å². The molecule has 2 aliphatic carbocycles. The standard InChI is InChI=1S/C19H37N/c20-17-10-6-4-2-1-3-5-8-14-19-15-9-7-12-18(19)13-11-16-19/h18H,1-17,20H2. The summed E-state index contributed by atoms with van der Waals surface area (Å²) < 4.78 is 0. The van der Waals surface area contributed by atoms with Gasteiger partial charge in [0.2, 0.25) is 0 Å². The summed E-state index contributed by atoms with van der Waals surface area (Å²) in [5, 5.41) is 0. The fourth-order valence-corrected chi connectivity index (χ4v) is 4.99. The average molecular weight is 280 g/mol. The van der Waals surface area contributed by atoms with Crippen LogP contribution in [-0.2, 0) is 0 Å². The molecule has 2 fully saturated rings. The molecule has 0 aromatic rings. The molecule has 0 amide bonds. The molecule has 2 N–H and O–H groups in total.